The Balaban J connectivity index is 2.51. The molecule has 0 fully saturated rings. The number of aryl methyl sites for hydroxylation is 1. The van der Waals surface area contributed by atoms with E-state index in [4.69, 9.17) is 5.84 Å². The molecule has 16 heavy (non-hydrogen) atoms. The molecule has 0 spiro atoms. The Kier molecular flexibility index (Phi) is 1.84. The molecule has 0 unspecified atom stereocenters. The average molecular weight is 212 g/mol. The molecule has 2 heterocycles. The van der Waals surface area contributed by atoms with Gasteiger partial charge in [0.2, 0.25) is 0 Å². The molecule has 2 aromatic heterocycles. The minimum atomic E-state index is 0.909. The second kappa shape index (κ2) is 3.21. The lowest BCUT2D eigenvalue weighted by Crippen LogP contribution is -2.06. The van der Waals surface area contributed by atoms with Crippen LogP contribution in [0.5, 0.6) is 0 Å². The van der Waals surface area contributed by atoms with Gasteiger partial charge in [0.1, 0.15) is 0 Å². The first kappa shape index (κ1) is 9.18. The van der Waals surface area contributed by atoms with Crippen molar-refractivity contribution in [3.8, 4) is 0 Å². The second-order valence-corrected chi connectivity index (χ2v) is 3.83. The minimum absolute atomic E-state index is 0.909. The third kappa shape index (κ3) is 1.10. The summed E-state index contributed by atoms with van der Waals surface area (Å²) in [4.78, 5) is 4.17. The lowest BCUT2D eigenvalue weighted by molar-refractivity contribution is 1.01. The Morgan fingerprint density at radius 3 is 2.88 bits per heavy atom. The van der Waals surface area contributed by atoms with Crippen molar-refractivity contribution in [2.24, 2.45) is 12.9 Å². The first-order chi connectivity index (χ1) is 7.81. The van der Waals surface area contributed by atoms with Gasteiger partial charge in [-0.05, 0) is 18.2 Å². The Morgan fingerprint density at radius 2 is 2.06 bits per heavy atom. The highest BCUT2D eigenvalue weighted by Gasteiger charge is 2.07. The van der Waals surface area contributed by atoms with Crippen LogP contribution in [0.2, 0.25) is 0 Å². The standard InChI is InChI=1S/C12H12N4/c1-16-11-4-5-14-7-10(11)9-3-2-8(15-13)6-12(9)16/h2-7,15H,13H2,1H3. The van der Waals surface area contributed by atoms with Crippen molar-refractivity contribution in [2.75, 3.05) is 5.43 Å². The number of pyridine rings is 1. The highest BCUT2D eigenvalue weighted by atomic mass is 15.2. The van der Waals surface area contributed by atoms with Crippen LogP contribution in [0.4, 0.5) is 5.69 Å². The summed E-state index contributed by atoms with van der Waals surface area (Å²) in [5, 5.41) is 2.37. The number of nitrogen functional groups attached to an aromatic ring is 1. The normalized spacial score (nSPS) is 11.1. The molecule has 0 amide bonds. The van der Waals surface area contributed by atoms with Gasteiger partial charge in [0.25, 0.3) is 0 Å². The van der Waals surface area contributed by atoms with E-state index in [1.165, 1.54) is 16.3 Å². The fraction of sp³-hybridized carbons (Fsp3) is 0.0833. The van der Waals surface area contributed by atoms with Gasteiger partial charge in [0, 0.05) is 30.2 Å². The van der Waals surface area contributed by atoms with E-state index in [-0.39, 0.29) is 0 Å². The van der Waals surface area contributed by atoms with E-state index in [0.717, 1.165) is 11.2 Å². The summed E-state index contributed by atoms with van der Waals surface area (Å²) in [6, 6.07) is 8.09. The average Bonchev–Trinajstić information content (AvgIpc) is 2.64. The molecule has 0 saturated heterocycles. The van der Waals surface area contributed by atoms with Crippen molar-refractivity contribution in [3.05, 3.63) is 36.7 Å². The number of aromatic nitrogens is 2. The maximum atomic E-state index is 5.41. The summed E-state index contributed by atoms with van der Waals surface area (Å²) in [5.74, 6) is 5.41. The summed E-state index contributed by atoms with van der Waals surface area (Å²) in [5.41, 5.74) is 5.90. The molecule has 3 rings (SSSR count). The second-order valence-electron chi connectivity index (χ2n) is 3.83. The van der Waals surface area contributed by atoms with Crippen molar-refractivity contribution < 1.29 is 0 Å². The molecule has 3 aromatic rings. The number of rotatable bonds is 1. The van der Waals surface area contributed by atoms with Gasteiger partial charge < -0.3 is 9.99 Å². The predicted octanol–water partition coefficient (Wildman–Crippen LogP) is 2.01. The van der Waals surface area contributed by atoms with Gasteiger partial charge in [-0.2, -0.15) is 0 Å². The van der Waals surface area contributed by atoms with Crippen molar-refractivity contribution in [2.45, 2.75) is 0 Å². The molecule has 80 valence electrons. The number of nitrogens with one attached hydrogen (secondary N) is 1. The van der Waals surface area contributed by atoms with Crippen LogP contribution in [-0.4, -0.2) is 9.55 Å². The molecular formula is C12H12N4. The number of benzene rings is 1. The number of hydrogen-bond donors (Lipinski definition) is 2. The third-order valence-electron chi connectivity index (χ3n) is 2.98. The van der Waals surface area contributed by atoms with E-state index in [1.807, 2.05) is 37.6 Å². The third-order valence-corrected chi connectivity index (χ3v) is 2.98. The number of nitrogens with two attached hydrogens (primary N) is 1. The van der Waals surface area contributed by atoms with E-state index in [0.29, 0.717) is 0 Å². The lowest BCUT2D eigenvalue weighted by Gasteiger charge is -2.01. The van der Waals surface area contributed by atoms with Gasteiger partial charge >= 0.3 is 0 Å². The van der Waals surface area contributed by atoms with Gasteiger partial charge in [-0.1, -0.05) is 6.07 Å². The first-order valence-corrected chi connectivity index (χ1v) is 5.10. The quantitative estimate of drug-likeness (QED) is 0.479. The van der Waals surface area contributed by atoms with E-state index >= 15 is 0 Å². The van der Waals surface area contributed by atoms with Crippen molar-refractivity contribution >= 4 is 27.5 Å². The summed E-state index contributed by atoms with van der Waals surface area (Å²) in [6.07, 6.45) is 3.70. The van der Waals surface area contributed by atoms with Crippen molar-refractivity contribution in [3.63, 3.8) is 0 Å². The molecule has 0 bridgehead atoms. The molecule has 3 N–H and O–H groups in total. The van der Waals surface area contributed by atoms with Gasteiger partial charge in [-0.15, -0.1) is 0 Å². The van der Waals surface area contributed by atoms with Gasteiger partial charge in [-0.25, -0.2) is 0 Å². The lowest BCUT2D eigenvalue weighted by atomic mass is 10.2. The Labute approximate surface area is 92.7 Å². The smallest absolute Gasteiger partial charge is 0.0519 e. The van der Waals surface area contributed by atoms with Crippen molar-refractivity contribution in [1.29, 1.82) is 0 Å². The zero-order chi connectivity index (χ0) is 11.1. The van der Waals surface area contributed by atoms with Crippen LogP contribution in [0.3, 0.4) is 0 Å². The van der Waals surface area contributed by atoms with Gasteiger partial charge in [0.05, 0.1) is 16.7 Å². The number of hydrazine groups is 1. The van der Waals surface area contributed by atoms with Gasteiger partial charge in [0.15, 0.2) is 0 Å². The first-order valence-electron chi connectivity index (χ1n) is 5.10. The molecular weight excluding hydrogens is 200 g/mol. The summed E-state index contributed by atoms with van der Waals surface area (Å²) in [7, 11) is 2.05. The molecule has 0 radical (unpaired) electrons. The predicted molar refractivity (Wildman–Crippen MR) is 66.0 cm³/mol. The summed E-state index contributed by atoms with van der Waals surface area (Å²) < 4.78 is 2.15. The Bertz CT molecular complexity index is 669. The highest BCUT2D eigenvalue weighted by Crippen LogP contribution is 2.28. The van der Waals surface area contributed by atoms with Crippen LogP contribution in [0.1, 0.15) is 0 Å². The summed E-state index contributed by atoms with van der Waals surface area (Å²) in [6.45, 7) is 0. The van der Waals surface area contributed by atoms with E-state index in [9.17, 15) is 0 Å². The largest absolute Gasteiger partial charge is 0.343 e. The molecule has 4 heteroatoms. The number of hydrogen-bond acceptors (Lipinski definition) is 3. The van der Waals surface area contributed by atoms with E-state index in [2.05, 4.69) is 21.0 Å². The van der Waals surface area contributed by atoms with Gasteiger partial charge in [-0.3, -0.25) is 10.8 Å². The Morgan fingerprint density at radius 1 is 1.19 bits per heavy atom. The monoisotopic (exact) mass is 212 g/mol. The number of anilines is 1. The molecule has 0 aliphatic rings. The Hall–Kier alpha value is -2.07. The van der Waals surface area contributed by atoms with Crippen LogP contribution in [-0.2, 0) is 7.05 Å². The molecule has 0 aliphatic heterocycles. The zero-order valence-electron chi connectivity index (χ0n) is 8.94. The van der Waals surface area contributed by atoms with Crippen molar-refractivity contribution in [1.82, 2.24) is 9.55 Å². The van der Waals surface area contributed by atoms with Crippen LogP contribution in [0.25, 0.3) is 21.8 Å². The van der Waals surface area contributed by atoms with E-state index in [1.54, 1.807) is 0 Å². The van der Waals surface area contributed by atoms with Crippen LogP contribution in [0, 0.1) is 0 Å². The molecule has 1 aromatic carbocycles. The fourth-order valence-corrected chi connectivity index (χ4v) is 2.14. The fourth-order valence-electron chi connectivity index (χ4n) is 2.14. The minimum Gasteiger partial charge on any atom is -0.343 e. The zero-order valence-corrected chi connectivity index (χ0v) is 8.94. The number of fused-ring (bicyclic) bond motifs is 3. The van der Waals surface area contributed by atoms with Crippen LogP contribution >= 0.6 is 0 Å². The number of nitrogens with zero attached hydrogens (tertiary/aromatic N) is 2. The summed E-state index contributed by atoms with van der Waals surface area (Å²) >= 11 is 0. The van der Waals surface area contributed by atoms with E-state index < -0.39 is 0 Å². The SMILES string of the molecule is Cn1c2ccncc2c2ccc(NN)cc21. The maximum absolute atomic E-state index is 5.41. The molecule has 0 saturated carbocycles. The molecule has 4 nitrogen and oxygen atoms in total. The highest BCUT2D eigenvalue weighted by molar-refractivity contribution is 6.08. The maximum Gasteiger partial charge on any atom is 0.0519 e. The molecule has 0 atom stereocenters. The molecule has 0 aliphatic carbocycles. The van der Waals surface area contributed by atoms with Crippen LogP contribution in [0.15, 0.2) is 36.7 Å². The van der Waals surface area contributed by atoms with Crippen LogP contribution < -0.4 is 11.3 Å². The topological polar surface area (TPSA) is 55.9 Å².